The van der Waals surface area contributed by atoms with Crippen LogP contribution in [0.4, 0.5) is 0 Å². The Hall–Kier alpha value is -0.740. The zero-order valence-electron chi connectivity index (χ0n) is 8.11. The number of aldehydes is 1. The highest BCUT2D eigenvalue weighted by Crippen LogP contribution is 2.16. The Morgan fingerprint density at radius 1 is 1.43 bits per heavy atom. The van der Waals surface area contributed by atoms with Crippen LogP contribution >= 0.6 is 11.3 Å². The molecule has 0 N–H and O–H groups in total. The zero-order valence-corrected chi connectivity index (χ0v) is 8.92. The molecule has 0 bridgehead atoms. The Kier molecular flexibility index (Phi) is 3.26. The van der Waals surface area contributed by atoms with Gasteiger partial charge in [-0.1, -0.05) is 6.42 Å². The second-order valence-corrected chi connectivity index (χ2v) is 4.76. The molecule has 2 rings (SSSR count). The number of rotatable bonds is 3. The fraction of sp³-hybridized carbons (Fsp3) is 0.600. The van der Waals surface area contributed by atoms with Gasteiger partial charge in [-0.05, 0) is 25.9 Å². The van der Waals surface area contributed by atoms with E-state index in [1.807, 2.05) is 0 Å². The van der Waals surface area contributed by atoms with Crippen molar-refractivity contribution >= 4 is 17.6 Å². The SMILES string of the molecule is O=Cc1cnc(CN2CCCCC2)s1. The lowest BCUT2D eigenvalue weighted by Gasteiger charge is -2.25. The van der Waals surface area contributed by atoms with E-state index in [1.54, 1.807) is 6.20 Å². The largest absolute Gasteiger partial charge is 0.297 e. The molecular formula is C10H14N2OS. The summed E-state index contributed by atoms with van der Waals surface area (Å²) in [6, 6.07) is 0. The van der Waals surface area contributed by atoms with E-state index < -0.39 is 0 Å². The van der Waals surface area contributed by atoms with Gasteiger partial charge in [0.2, 0.25) is 0 Å². The first kappa shape index (κ1) is 9.80. The van der Waals surface area contributed by atoms with Crippen LogP contribution in [0.2, 0.25) is 0 Å². The fourth-order valence-corrected chi connectivity index (χ4v) is 2.54. The van der Waals surface area contributed by atoms with Crippen LogP contribution in [0.3, 0.4) is 0 Å². The minimum absolute atomic E-state index is 0.733. The summed E-state index contributed by atoms with van der Waals surface area (Å²) in [6.07, 6.45) is 6.49. The third-order valence-electron chi connectivity index (χ3n) is 2.50. The van der Waals surface area contributed by atoms with Gasteiger partial charge in [0.15, 0.2) is 6.29 Å². The third-order valence-corrected chi connectivity index (χ3v) is 3.40. The Morgan fingerprint density at radius 3 is 2.86 bits per heavy atom. The van der Waals surface area contributed by atoms with Gasteiger partial charge < -0.3 is 0 Å². The second kappa shape index (κ2) is 4.66. The van der Waals surface area contributed by atoms with Crippen molar-refractivity contribution in [2.24, 2.45) is 0 Å². The summed E-state index contributed by atoms with van der Waals surface area (Å²) in [5.74, 6) is 0. The average Bonchev–Trinajstić information content (AvgIpc) is 2.67. The molecule has 1 aliphatic heterocycles. The number of hydrogen-bond donors (Lipinski definition) is 0. The number of aromatic nitrogens is 1. The smallest absolute Gasteiger partial charge is 0.161 e. The van der Waals surface area contributed by atoms with Crippen molar-refractivity contribution in [3.63, 3.8) is 0 Å². The zero-order chi connectivity index (χ0) is 9.80. The van der Waals surface area contributed by atoms with E-state index in [1.165, 1.54) is 43.7 Å². The van der Waals surface area contributed by atoms with E-state index in [0.717, 1.165) is 22.7 Å². The highest BCUT2D eigenvalue weighted by Gasteiger charge is 2.12. The van der Waals surface area contributed by atoms with E-state index in [-0.39, 0.29) is 0 Å². The second-order valence-electron chi connectivity index (χ2n) is 3.61. The fourth-order valence-electron chi connectivity index (χ4n) is 1.76. The molecule has 1 aromatic rings. The lowest BCUT2D eigenvalue weighted by atomic mass is 10.1. The van der Waals surface area contributed by atoms with E-state index in [9.17, 15) is 4.79 Å². The summed E-state index contributed by atoms with van der Waals surface area (Å²) in [5.41, 5.74) is 0. The van der Waals surface area contributed by atoms with Gasteiger partial charge in [-0.15, -0.1) is 11.3 Å². The summed E-state index contributed by atoms with van der Waals surface area (Å²) >= 11 is 1.51. The van der Waals surface area contributed by atoms with Crippen LogP contribution in [0, 0.1) is 0 Å². The maximum absolute atomic E-state index is 10.5. The molecule has 0 aromatic carbocycles. The minimum Gasteiger partial charge on any atom is -0.297 e. The van der Waals surface area contributed by atoms with Gasteiger partial charge in [0, 0.05) is 6.20 Å². The summed E-state index contributed by atoms with van der Waals surface area (Å²) in [7, 11) is 0. The molecule has 4 heteroatoms. The molecule has 1 aromatic heterocycles. The Balaban J connectivity index is 1.92. The van der Waals surface area contributed by atoms with E-state index in [2.05, 4.69) is 9.88 Å². The van der Waals surface area contributed by atoms with Gasteiger partial charge in [0.05, 0.1) is 11.4 Å². The molecule has 14 heavy (non-hydrogen) atoms. The van der Waals surface area contributed by atoms with Gasteiger partial charge in [0.25, 0.3) is 0 Å². The molecule has 0 atom stereocenters. The highest BCUT2D eigenvalue weighted by molar-refractivity contribution is 7.13. The molecule has 0 aliphatic carbocycles. The number of likely N-dealkylation sites (tertiary alicyclic amines) is 1. The normalized spacial score (nSPS) is 18.3. The molecule has 0 unspecified atom stereocenters. The first-order valence-electron chi connectivity index (χ1n) is 5.01. The molecule has 0 spiro atoms. The Morgan fingerprint density at radius 2 is 2.21 bits per heavy atom. The predicted molar refractivity (Wildman–Crippen MR) is 56.6 cm³/mol. The van der Waals surface area contributed by atoms with Gasteiger partial charge >= 0.3 is 0 Å². The Labute approximate surface area is 87.8 Å². The van der Waals surface area contributed by atoms with Crippen molar-refractivity contribution < 1.29 is 4.79 Å². The highest BCUT2D eigenvalue weighted by atomic mass is 32.1. The van der Waals surface area contributed by atoms with Crippen molar-refractivity contribution in [3.05, 3.63) is 16.1 Å². The molecule has 3 nitrogen and oxygen atoms in total. The van der Waals surface area contributed by atoms with E-state index >= 15 is 0 Å². The average molecular weight is 210 g/mol. The topological polar surface area (TPSA) is 33.2 Å². The summed E-state index contributed by atoms with van der Waals surface area (Å²) in [6.45, 7) is 3.27. The summed E-state index contributed by atoms with van der Waals surface area (Å²) in [4.78, 5) is 17.8. The van der Waals surface area contributed by atoms with Gasteiger partial charge in [-0.3, -0.25) is 9.69 Å². The quantitative estimate of drug-likeness (QED) is 0.715. The van der Waals surface area contributed by atoms with Crippen molar-refractivity contribution in [2.75, 3.05) is 13.1 Å². The summed E-state index contributed by atoms with van der Waals surface area (Å²) in [5, 5.41) is 1.06. The number of carbonyl (C=O) groups excluding carboxylic acids is 1. The van der Waals surface area contributed by atoms with Crippen LogP contribution in [-0.2, 0) is 6.54 Å². The number of carbonyl (C=O) groups is 1. The molecule has 2 heterocycles. The first-order valence-corrected chi connectivity index (χ1v) is 5.82. The molecule has 0 amide bonds. The van der Waals surface area contributed by atoms with E-state index in [4.69, 9.17) is 0 Å². The van der Waals surface area contributed by atoms with Crippen molar-refractivity contribution in [1.29, 1.82) is 0 Å². The maximum Gasteiger partial charge on any atom is 0.161 e. The molecule has 0 radical (unpaired) electrons. The molecule has 0 saturated carbocycles. The molecule has 76 valence electrons. The number of hydrogen-bond acceptors (Lipinski definition) is 4. The van der Waals surface area contributed by atoms with Crippen LogP contribution in [0.15, 0.2) is 6.20 Å². The molecule has 1 aliphatic rings. The number of nitrogens with zero attached hydrogens (tertiary/aromatic N) is 2. The molecule has 1 saturated heterocycles. The first-order chi connectivity index (χ1) is 6.88. The van der Waals surface area contributed by atoms with Crippen LogP contribution in [-0.4, -0.2) is 29.3 Å². The standard InChI is InChI=1S/C10H14N2OS/c13-8-9-6-11-10(14-9)7-12-4-2-1-3-5-12/h6,8H,1-5,7H2. The van der Waals surface area contributed by atoms with E-state index in [0.29, 0.717) is 0 Å². The molecule has 1 fully saturated rings. The number of piperidine rings is 1. The Bertz CT molecular complexity index is 305. The maximum atomic E-state index is 10.5. The van der Waals surface area contributed by atoms with Crippen LogP contribution in [0.1, 0.15) is 33.9 Å². The van der Waals surface area contributed by atoms with Gasteiger partial charge in [-0.25, -0.2) is 4.98 Å². The van der Waals surface area contributed by atoms with Gasteiger partial charge in [0.1, 0.15) is 5.01 Å². The van der Waals surface area contributed by atoms with Crippen LogP contribution in [0.25, 0.3) is 0 Å². The lowest BCUT2D eigenvalue weighted by Crippen LogP contribution is -2.28. The summed E-state index contributed by atoms with van der Waals surface area (Å²) < 4.78 is 0. The monoisotopic (exact) mass is 210 g/mol. The van der Waals surface area contributed by atoms with Gasteiger partial charge in [-0.2, -0.15) is 0 Å². The third kappa shape index (κ3) is 2.39. The van der Waals surface area contributed by atoms with Crippen molar-refractivity contribution in [3.8, 4) is 0 Å². The number of thiazole rings is 1. The molecular weight excluding hydrogens is 196 g/mol. The van der Waals surface area contributed by atoms with Crippen LogP contribution in [0.5, 0.6) is 0 Å². The van der Waals surface area contributed by atoms with Crippen LogP contribution < -0.4 is 0 Å². The van der Waals surface area contributed by atoms with Crippen molar-refractivity contribution in [2.45, 2.75) is 25.8 Å². The minimum atomic E-state index is 0.733. The van der Waals surface area contributed by atoms with Crippen molar-refractivity contribution in [1.82, 2.24) is 9.88 Å². The predicted octanol–water partition coefficient (Wildman–Crippen LogP) is 1.94. The lowest BCUT2D eigenvalue weighted by molar-refractivity contribution is 0.112.